The van der Waals surface area contributed by atoms with Gasteiger partial charge in [0.1, 0.15) is 12.2 Å². The summed E-state index contributed by atoms with van der Waals surface area (Å²) in [6.07, 6.45) is 2.02. The average Bonchev–Trinajstić information content (AvgIpc) is 2.53. The molecular weight excluding hydrogens is 316 g/mol. The van der Waals surface area contributed by atoms with Crippen LogP contribution in [0.15, 0.2) is 29.2 Å². The zero-order valence-corrected chi connectivity index (χ0v) is 15.1. The molecule has 0 bridgehead atoms. The Morgan fingerprint density at radius 3 is 2.26 bits per heavy atom. The molecule has 6 heteroatoms. The quantitative estimate of drug-likeness (QED) is 0.350. The molecule has 5 nitrogen and oxygen atoms in total. The van der Waals surface area contributed by atoms with Crippen molar-refractivity contribution in [3.05, 3.63) is 29.8 Å². The van der Waals surface area contributed by atoms with Gasteiger partial charge in [0.2, 0.25) is 0 Å². The van der Waals surface area contributed by atoms with Crippen LogP contribution in [-0.4, -0.2) is 52.4 Å². The second kappa shape index (κ2) is 10.6. The van der Waals surface area contributed by atoms with Crippen LogP contribution in [0.4, 0.5) is 0 Å². The van der Waals surface area contributed by atoms with Gasteiger partial charge in [0.15, 0.2) is 0 Å². The van der Waals surface area contributed by atoms with Crippen LogP contribution in [0.5, 0.6) is 0 Å². The van der Waals surface area contributed by atoms with E-state index in [9.17, 15) is 4.79 Å². The summed E-state index contributed by atoms with van der Waals surface area (Å²) < 4.78 is 20.9. The molecule has 0 amide bonds. The van der Waals surface area contributed by atoms with E-state index in [1.807, 2.05) is 44.4 Å². The maximum Gasteiger partial charge on any atom is 0.332 e. The van der Waals surface area contributed by atoms with E-state index in [4.69, 9.17) is 18.9 Å². The lowest BCUT2D eigenvalue weighted by atomic mass is 9.98. The molecule has 23 heavy (non-hydrogen) atoms. The second-order valence-electron chi connectivity index (χ2n) is 5.37. The summed E-state index contributed by atoms with van der Waals surface area (Å²) in [5.74, 6) is -0.388. The van der Waals surface area contributed by atoms with Crippen molar-refractivity contribution in [1.82, 2.24) is 0 Å². The van der Waals surface area contributed by atoms with Crippen LogP contribution in [0, 0.1) is 0 Å². The highest BCUT2D eigenvalue weighted by Gasteiger charge is 2.25. The van der Waals surface area contributed by atoms with Gasteiger partial charge >= 0.3 is 5.97 Å². The zero-order chi connectivity index (χ0) is 17.1. The summed E-state index contributed by atoms with van der Waals surface area (Å²) >= 11 is 1.68. The number of carbonyl (C=O) groups is 1. The lowest BCUT2D eigenvalue weighted by Gasteiger charge is -2.25. The van der Waals surface area contributed by atoms with Crippen molar-refractivity contribution in [2.45, 2.75) is 24.3 Å². The number of hydrogen-bond acceptors (Lipinski definition) is 6. The molecule has 0 aliphatic rings. The highest BCUT2D eigenvalue weighted by molar-refractivity contribution is 7.98. The summed E-state index contributed by atoms with van der Waals surface area (Å²) in [5.41, 5.74) is 0.262. The number of ether oxygens (including phenoxy) is 4. The number of thioether (sulfide) groups is 1. The molecule has 130 valence electrons. The van der Waals surface area contributed by atoms with Gasteiger partial charge in [-0.2, -0.15) is 0 Å². The number of rotatable bonds is 11. The highest BCUT2D eigenvalue weighted by Crippen LogP contribution is 2.26. The van der Waals surface area contributed by atoms with E-state index in [1.165, 1.54) is 4.90 Å². The van der Waals surface area contributed by atoms with Crippen molar-refractivity contribution < 1.29 is 23.7 Å². The summed E-state index contributed by atoms with van der Waals surface area (Å²) in [5, 5.41) is 0. The third-order valence-electron chi connectivity index (χ3n) is 3.18. The first-order chi connectivity index (χ1) is 11.0. The monoisotopic (exact) mass is 342 g/mol. The number of hydrogen-bond donors (Lipinski definition) is 0. The minimum atomic E-state index is -0.688. The van der Waals surface area contributed by atoms with Crippen LogP contribution in [0.3, 0.4) is 0 Å². The van der Waals surface area contributed by atoms with E-state index < -0.39 is 5.60 Å². The molecule has 0 saturated carbocycles. The van der Waals surface area contributed by atoms with Crippen molar-refractivity contribution in [2.24, 2.45) is 0 Å². The summed E-state index contributed by atoms with van der Waals surface area (Å²) in [6, 6.07) is 7.99. The van der Waals surface area contributed by atoms with Crippen LogP contribution in [0.2, 0.25) is 0 Å². The van der Waals surface area contributed by atoms with Crippen molar-refractivity contribution in [3.63, 3.8) is 0 Å². The smallest absolute Gasteiger partial charge is 0.332 e. The predicted molar refractivity (Wildman–Crippen MR) is 90.9 cm³/mol. The van der Waals surface area contributed by atoms with E-state index in [1.54, 1.807) is 18.9 Å². The molecule has 0 aliphatic heterocycles. The third-order valence-corrected chi connectivity index (χ3v) is 3.92. The standard InChI is InChI=1S/C17H26O5S/c1-17(2,14-5-7-15(23-4)8-6-14)22-16(18)13-21-12-11-20-10-9-19-3/h5-8H,9-13H2,1-4H3. The average molecular weight is 342 g/mol. The van der Waals surface area contributed by atoms with Crippen LogP contribution in [0.1, 0.15) is 19.4 Å². The fraction of sp³-hybridized carbons (Fsp3) is 0.588. The maximum absolute atomic E-state index is 11.9. The Labute approximate surface area is 142 Å². The zero-order valence-electron chi connectivity index (χ0n) is 14.3. The highest BCUT2D eigenvalue weighted by atomic mass is 32.2. The molecule has 0 atom stereocenters. The topological polar surface area (TPSA) is 54.0 Å². The molecule has 0 heterocycles. The Kier molecular flexibility index (Phi) is 9.24. The fourth-order valence-electron chi connectivity index (χ4n) is 1.88. The van der Waals surface area contributed by atoms with Gasteiger partial charge in [0.05, 0.1) is 26.4 Å². The number of benzene rings is 1. The number of methoxy groups -OCH3 is 1. The molecule has 1 aromatic carbocycles. The van der Waals surface area contributed by atoms with Crippen molar-refractivity contribution in [1.29, 1.82) is 0 Å². The Morgan fingerprint density at radius 2 is 1.65 bits per heavy atom. The third kappa shape index (κ3) is 7.83. The molecule has 0 N–H and O–H groups in total. The van der Waals surface area contributed by atoms with Crippen molar-refractivity contribution in [2.75, 3.05) is 46.4 Å². The summed E-state index contributed by atoms with van der Waals surface area (Å²) in [4.78, 5) is 13.1. The van der Waals surface area contributed by atoms with Gasteiger partial charge in [-0.25, -0.2) is 4.79 Å². The predicted octanol–water partition coefficient (Wildman–Crippen LogP) is 2.87. The molecule has 0 aromatic heterocycles. The van der Waals surface area contributed by atoms with Crippen LogP contribution in [0.25, 0.3) is 0 Å². The molecule has 0 spiro atoms. The van der Waals surface area contributed by atoms with Crippen molar-refractivity contribution >= 4 is 17.7 Å². The molecule has 0 aliphatic carbocycles. The SMILES string of the molecule is COCCOCCOCC(=O)OC(C)(C)c1ccc(SC)cc1. The van der Waals surface area contributed by atoms with E-state index in [2.05, 4.69) is 0 Å². The van der Waals surface area contributed by atoms with Gasteiger partial charge < -0.3 is 18.9 Å². The Hall–Kier alpha value is -1.08. The Bertz CT molecular complexity index is 459. The van der Waals surface area contributed by atoms with Crippen LogP contribution >= 0.6 is 11.8 Å². The molecule has 0 unspecified atom stereocenters. The van der Waals surface area contributed by atoms with Gasteiger partial charge in [0.25, 0.3) is 0 Å². The van der Waals surface area contributed by atoms with E-state index in [0.717, 1.165) is 5.56 Å². The van der Waals surface area contributed by atoms with Crippen LogP contribution in [-0.2, 0) is 29.3 Å². The minimum Gasteiger partial charge on any atom is -0.453 e. The first-order valence-electron chi connectivity index (χ1n) is 7.50. The second-order valence-corrected chi connectivity index (χ2v) is 6.25. The van der Waals surface area contributed by atoms with E-state index in [0.29, 0.717) is 26.4 Å². The summed E-state index contributed by atoms with van der Waals surface area (Å²) in [7, 11) is 1.62. The molecular formula is C17H26O5S. The lowest BCUT2D eigenvalue weighted by Crippen LogP contribution is -2.28. The van der Waals surface area contributed by atoms with E-state index in [-0.39, 0.29) is 12.6 Å². The lowest BCUT2D eigenvalue weighted by molar-refractivity contribution is -0.163. The van der Waals surface area contributed by atoms with Gasteiger partial charge in [-0.1, -0.05) is 12.1 Å². The Balaban J connectivity index is 2.31. The molecule has 1 rings (SSSR count). The van der Waals surface area contributed by atoms with E-state index >= 15 is 0 Å². The maximum atomic E-state index is 11.9. The normalized spacial score (nSPS) is 11.5. The van der Waals surface area contributed by atoms with Gasteiger partial charge in [0, 0.05) is 12.0 Å². The molecule has 0 radical (unpaired) electrons. The fourth-order valence-corrected chi connectivity index (χ4v) is 2.29. The number of esters is 1. The van der Waals surface area contributed by atoms with Gasteiger partial charge in [-0.05, 0) is 37.8 Å². The minimum absolute atomic E-state index is 0.0834. The molecule has 0 saturated heterocycles. The molecule has 1 aromatic rings. The van der Waals surface area contributed by atoms with Gasteiger partial charge in [-0.3, -0.25) is 0 Å². The van der Waals surface area contributed by atoms with Crippen molar-refractivity contribution in [3.8, 4) is 0 Å². The summed E-state index contributed by atoms with van der Waals surface area (Å²) in [6.45, 7) is 5.49. The first kappa shape index (κ1) is 20.0. The Morgan fingerprint density at radius 1 is 1.04 bits per heavy atom. The van der Waals surface area contributed by atoms with Crippen LogP contribution < -0.4 is 0 Å². The van der Waals surface area contributed by atoms with Gasteiger partial charge in [-0.15, -0.1) is 11.8 Å². The number of carbonyl (C=O) groups excluding carboxylic acids is 1. The first-order valence-corrected chi connectivity index (χ1v) is 8.73. The largest absolute Gasteiger partial charge is 0.453 e. The molecule has 0 fully saturated rings.